The first kappa shape index (κ1) is 10.8. The zero-order chi connectivity index (χ0) is 11.5. The second kappa shape index (κ2) is 4.45. The van der Waals surface area contributed by atoms with E-state index in [0.717, 1.165) is 17.1 Å². The number of hydrogen-bond acceptors (Lipinski definition) is 4. The Morgan fingerprint density at radius 2 is 2.25 bits per heavy atom. The van der Waals surface area contributed by atoms with E-state index in [1.54, 1.807) is 18.2 Å². The summed E-state index contributed by atoms with van der Waals surface area (Å²) in [4.78, 5) is 0. The van der Waals surface area contributed by atoms with Crippen LogP contribution in [0.4, 0.5) is 11.4 Å². The number of nitrogens with one attached hydrogen (secondary N) is 1. The molecule has 2 aromatic rings. The maximum atomic E-state index is 5.87. The molecule has 0 aliphatic heterocycles. The number of benzene rings is 1. The van der Waals surface area contributed by atoms with Crippen molar-refractivity contribution in [3.05, 3.63) is 40.7 Å². The van der Waals surface area contributed by atoms with E-state index in [1.807, 2.05) is 13.0 Å². The number of nitrogens with two attached hydrogens (primary N) is 1. The normalized spacial score (nSPS) is 10.4. The molecule has 1 aromatic heterocycles. The first-order valence-electron chi connectivity index (χ1n) is 4.86. The second-order valence-corrected chi connectivity index (χ2v) is 3.96. The van der Waals surface area contributed by atoms with Crippen molar-refractivity contribution >= 4 is 23.0 Å². The largest absolute Gasteiger partial charge is 0.397 e. The van der Waals surface area contributed by atoms with Crippen LogP contribution in [0.5, 0.6) is 0 Å². The highest BCUT2D eigenvalue weighted by Crippen LogP contribution is 2.23. The molecule has 0 saturated carbocycles. The third kappa shape index (κ3) is 2.46. The summed E-state index contributed by atoms with van der Waals surface area (Å²) >= 11 is 5.87. The quantitative estimate of drug-likeness (QED) is 0.806. The van der Waals surface area contributed by atoms with Gasteiger partial charge in [0.05, 0.1) is 23.6 Å². The van der Waals surface area contributed by atoms with Crippen LogP contribution >= 0.6 is 11.6 Å². The number of hydrogen-bond donors (Lipinski definition) is 2. The fourth-order valence-electron chi connectivity index (χ4n) is 1.36. The molecule has 0 fully saturated rings. The fourth-order valence-corrected chi connectivity index (χ4v) is 1.54. The van der Waals surface area contributed by atoms with E-state index in [1.165, 1.54) is 0 Å². The molecule has 1 aromatic carbocycles. The first-order valence-corrected chi connectivity index (χ1v) is 5.24. The van der Waals surface area contributed by atoms with Gasteiger partial charge in [0.2, 0.25) is 0 Å². The number of aromatic nitrogens is 1. The zero-order valence-electron chi connectivity index (χ0n) is 8.83. The van der Waals surface area contributed by atoms with Crippen LogP contribution in [0.1, 0.15) is 11.5 Å². The molecule has 16 heavy (non-hydrogen) atoms. The van der Waals surface area contributed by atoms with Crippen molar-refractivity contribution in [2.45, 2.75) is 13.5 Å². The van der Waals surface area contributed by atoms with E-state index >= 15 is 0 Å². The molecule has 0 aliphatic rings. The van der Waals surface area contributed by atoms with Gasteiger partial charge in [-0.15, -0.1) is 0 Å². The zero-order valence-corrected chi connectivity index (χ0v) is 9.58. The minimum atomic E-state index is 0.533. The molecule has 5 heteroatoms. The standard InChI is InChI=1S/C11H12ClN3O/c1-7-4-9(16-15-7)6-14-11-5-8(12)2-3-10(11)13/h2-5,14H,6,13H2,1H3. The monoisotopic (exact) mass is 237 g/mol. The summed E-state index contributed by atoms with van der Waals surface area (Å²) in [5.74, 6) is 0.761. The SMILES string of the molecule is Cc1cc(CNc2cc(Cl)ccc2N)on1. The van der Waals surface area contributed by atoms with Gasteiger partial charge in [-0.1, -0.05) is 16.8 Å². The molecule has 1 heterocycles. The Labute approximate surface area is 98.4 Å². The molecular weight excluding hydrogens is 226 g/mol. The van der Waals surface area contributed by atoms with E-state index in [0.29, 0.717) is 17.3 Å². The molecule has 0 unspecified atom stereocenters. The Morgan fingerprint density at radius 1 is 1.44 bits per heavy atom. The molecule has 3 N–H and O–H groups in total. The summed E-state index contributed by atoms with van der Waals surface area (Å²) in [7, 11) is 0. The van der Waals surface area contributed by atoms with Gasteiger partial charge in [-0.2, -0.15) is 0 Å². The highest BCUT2D eigenvalue weighted by atomic mass is 35.5. The molecule has 0 spiro atoms. The molecule has 0 bridgehead atoms. The van der Waals surface area contributed by atoms with Crippen molar-refractivity contribution in [1.82, 2.24) is 5.16 Å². The lowest BCUT2D eigenvalue weighted by Gasteiger charge is -2.07. The third-order valence-corrected chi connectivity index (χ3v) is 2.38. The highest BCUT2D eigenvalue weighted by Gasteiger charge is 2.03. The lowest BCUT2D eigenvalue weighted by molar-refractivity contribution is 0.384. The highest BCUT2D eigenvalue weighted by molar-refractivity contribution is 6.31. The van der Waals surface area contributed by atoms with Crippen molar-refractivity contribution in [2.75, 3.05) is 11.1 Å². The molecule has 4 nitrogen and oxygen atoms in total. The molecule has 0 amide bonds. The Balaban J connectivity index is 2.07. The predicted octanol–water partition coefficient (Wildman–Crippen LogP) is 2.83. The third-order valence-electron chi connectivity index (χ3n) is 2.15. The van der Waals surface area contributed by atoms with Gasteiger partial charge in [0.25, 0.3) is 0 Å². The van der Waals surface area contributed by atoms with Crippen LogP contribution < -0.4 is 11.1 Å². The number of nitrogens with zero attached hydrogens (tertiary/aromatic N) is 1. The molecular formula is C11H12ClN3O. The van der Waals surface area contributed by atoms with E-state index in [-0.39, 0.29) is 0 Å². The Hall–Kier alpha value is -1.68. The van der Waals surface area contributed by atoms with Crippen molar-refractivity contribution in [3.63, 3.8) is 0 Å². The Morgan fingerprint density at radius 3 is 2.94 bits per heavy atom. The van der Waals surface area contributed by atoms with E-state index < -0.39 is 0 Å². The first-order chi connectivity index (χ1) is 7.65. The number of rotatable bonds is 3. The topological polar surface area (TPSA) is 64.1 Å². The van der Waals surface area contributed by atoms with Gasteiger partial charge in [-0.05, 0) is 25.1 Å². The van der Waals surface area contributed by atoms with Crippen molar-refractivity contribution in [2.24, 2.45) is 0 Å². The molecule has 0 saturated heterocycles. The summed E-state index contributed by atoms with van der Waals surface area (Å²) in [6, 6.07) is 7.16. The Bertz CT molecular complexity index is 496. The minimum absolute atomic E-state index is 0.533. The molecule has 0 atom stereocenters. The fraction of sp³-hybridized carbons (Fsp3) is 0.182. The summed E-state index contributed by atoms with van der Waals surface area (Å²) in [5, 5.41) is 7.58. The van der Waals surface area contributed by atoms with Gasteiger partial charge < -0.3 is 15.6 Å². The van der Waals surface area contributed by atoms with Gasteiger partial charge in [-0.25, -0.2) is 0 Å². The van der Waals surface area contributed by atoms with Gasteiger partial charge in [0.15, 0.2) is 5.76 Å². The number of anilines is 2. The van der Waals surface area contributed by atoms with Crippen LogP contribution in [-0.2, 0) is 6.54 Å². The number of nitrogen functional groups attached to an aromatic ring is 1. The number of aryl methyl sites for hydroxylation is 1. The summed E-state index contributed by atoms with van der Waals surface area (Å²) in [5.41, 5.74) is 8.10. The lowest BCUT2D eigenvalue weighted by atomic mass is 10.2. The average Bonchev–Trinajstić information content (AvgIpc) is 2.66. The lowest BCUT2D eigenvalue weighted by Crippen LogP contribution is -2.01. The van der Waals surface area contributed by atoms with Gasteiger partial charge in [0, 0.05) is 11.1 Å². The van der Waals surface area contributed by atoms with Gasteiger partial charge >= 0.3 is 0 Å². The maximum Gasteiger partial charge on any atom is 0.156 e. The van der Waals surface area contributed by atoms with Gasteiger partial charge in [0.1, 0.15) is 0 Å². The van der Waals surface area contributed by atoms with Crippen LogP contribution in [-0.4, -0.2) is 5.16 Å². The molecule has 84 valence electrons. The average molecular weight is 238 g/mol. The number of halogens is 1. The van der Waals surface area contributed by atoms with E-state index in [4.69, 9.17) is 21.9 Å². The summed E-state index contributed by atoms with van der Waals surface area (Å²) < 4.78 is 5.07. The second-order valence-electron chi connectivity index (χ2n) is 3.52. The smallest absolute Gasteiger partial charge is 0.156 e. The Kier molecular flexibility index (Phi) is 3.01. The van der Waals surface area contributed by atoms with Crippen LogP contribution in [0.3, 0.4) is 0 Å². The predicted molar refractivity (Wildman–Crippen MR) is 64.4 cm³/mol. The van der Waals surface area contributed by atoms with Crippen molar-refractivity contribution < 1.29 is 4.52 Å². The molecule has 2 rings (SSSR count). The van der Waals surface area contributed by atoms with Crippen molar-refractivity contribution in [1.29, 1.82) is 0 Å². The summed E-state index contributed by atoms with van der Waals surface area (Å²) in [6.07, 6.45) is 0. The minimum Gasteiger partial charge on any atom is -0.397 e. The van der Waals surface area contributed by atoms with Crippen LogP contribution in [0.15, 0.2) is 28.8 Å². The van der Waals surface area contributed by atoms with E-state index in [9.17, 15) is 0 Å². The van der Waals surface area contributed by atoms with Crippen molar-refractivity contribution in [3.8, 4) is 0 Å². The maximum absolute atomic E-state index is 5.87. The van der Waals surface area contributed by atoms with Crippen LogP contribution in [0, 0.1) is 6.92 Å². The molecule has 0 radical (unpaired) electrons. The molecule has 0 aliphatic carbocycles. The van der Waals surface area contributed by atoms with Crippen LogP contribution in [0.25, 0.3) is 0 Å². The van der Waals surface area contributed by atoms with E-state index in [2.05, 4.69) is 10.5 Å². The van der Waals surface area contributed by atoms with Crippen LogP contribution in [0.2, 0.25) is 5.02 Å². The summed E-state index contributed by atoms with van der Waals surface area (Å²) in [6.45, 7) is 2.41. The van der Waals surface area contributed by atoms with Gasteiger partial charge in [-0.3, -0.25) is 0 Å².